The number of carbonyl (C=O) groups excluding carboxylic acids is 1. The van der Waals surface area contributed by atoms with Crippen LogP contribution in [0.5, 0.6) is 5.75 Å². The molecule has 5 nitrogen and oxygen atoms in total. The quantitative estimate of drug-likeness (QED) is 0.776. The molecule has 20 heavy (non-hydrogen) atoms. The Balaban J connectivity index is 2.37. The fourth-order valence-corrected chi connectivity index (χ4v) is 1.63. The van der Waals surface area contributed by atoms with E-state index < -0.39 is 6.10 Å². The van der Waals surface area contributed by atoms with Crippen LogP contribution in [0.4, 0.5) is 10.5 Å². The highest BCUT2D eigenvalue weighted by atomic mass is 16.5. The Labute approximate surface area is 120 Å². The summed E-state index contributed by atoms with van der Waals surface area (Å²) >= 11 is 0. The molecule has 0 radical (unpaired) electrons. The Kier molecular flexibility index (Phi) is 5.82. The van der Waals surface area contributed by atoms with Crippen LogP contribution in [0.25, 0.3) is 0 Å². The van der Waals surface area contributed by atoms with Gasteiger partial charge in [0.25, 0.3) is 0 Å². The zero-order chi connectivity index (χ0) is 15.2. The molecule has 0 saturated carbocycles. The highest BCUT2D eigenvalue weighted by molar-refractivity contribution is 5.89. The second-order valence-electron chi connectivity index (χ2n) is 5.78. The van der Waals surface area contributed by atoms with Gasteiger partial charge in [-0.3, -0.25) is 0 Å². The number of carbonyl (C=O) groups is 1. The minimum absolute atomic E-state index is 0.176. The van der Waals surface area contributed by atoms with Gasteiger partial charge in [-0.25, -0.2) is 4.79 Å². The van der Waals surface area contributed by atoms with Gasteiger partial charge in [-0.15, -0.1) is 0 Å². The Morgan fingerprint density at radius 2 is 2.10 bits per heavy atom. The molecule has 0 bridgehead atoms. The van der Waals surface area contributed by atoms with Crippen molar-refractivity contribution in [3.8, 4) is 5.75 Å². The van der Waals surface area contributed by atoms with Gasteiger partial charge in [0.15, 0.2) is 0 Å². The molecule has 0 aliphatic rings. The summed E-state index contributed by atoms with van der Waals surface area (Å²) in [7, 11) is 1.58. The van der Waals surface area contributed by atoms with E-state index >= 15 is 0 Å². The van der Waals surface area contributed by atoms with Crippen LogP contribution in [-0.4, -0.2) is 30.9 Å². The maximum absolute atomic E-state index is 11.7. The van der Waals surface area contributed by atoms with Crippen LogP contribution in [0.2, 0.25) is 0 Å². The fraction of sp³-hybridized carbons (Fsp3) is 0.533. The predicted molar refractivity (Wildman–Crippen MR) is 80.1 cm³/mol. The molecule has 1 aromatic carbocycles. The number of amides is 2. The molecule has 0 spiro atoms. The third-order valence-electron chi connectivity index (χ3n) is 3.03. The van der Waals surface area contributed by atoms with E-state index in [9.17, 15) is 9.90 Å². The summed E-state index contributed by atoms with van der Waals surface area (Å²) in [5.74, 6) is 0.686. The van der Waals surface area contributed by atoms with Gasteiger partial charge in [0.05, 0.1) is 13.2 Å². The largest absolute Gasteiger partial charge is 0.497 e. The molecular formula is C15H24N2O3. The van der Waals surface area contributed by atoms with E-state index in [4.69, 9.17) is 4.74 Å². The van der Waals surface area contributed by atoms with Crippen molar-refractivity contribution in [3.63, 3.8) is 0 Å². The Hall–Kier alpha value is -1.75. The molecule has 0 fully saturated rings. The highest BCUT2D eigenvalue weighted by Crippen LogP contribution is 2.21. The van der Waals surface area contributed by atoms with Crippen molar-refractivity contribution < 1.29 is 14.6 Å². The Morgan fingerprint density at radius 3 is 2.70 bits per heavy atom. The third kappa shape index (κ3) is 5.48. The molecular weight excluding hydrogens is 256 g/mol. The minimum atomic E-state index is -0.445. The van der Waals surface area contributed by atoms with Crippen molar-refractivity contribution in [1.82, 2.24) is 5.32 Å². The summed E-state index contributed by atoms with van der Waals surface area (Å²) in [5.41, 5.74) is 0.489. The summed E-state index contributed by atoms with van der Waals surface area (Å²) in [5, 5.41) is 15.3. The van der Waals surface area contributed by atoms with E-state index in [-0.39, 0.29) is 11.4 Å². The molecule has 0 aromatic heterocycles. The molecule has 0 aliphatic carbocycles. The number of aliphatic hydroxyl groups is 1. The lowest BCUT2D eigenvalue weighted by molar-refractivity contribution is 0.0565. The molecule has 5 heteroatoms. The number of benzene rings is 1. The zero-order valence-corrected chi connectivity index (χ0v) is 12.6. The predicted octanol–water partition coefficient (Wildman–Crippen LogP) is 2.61. The van der Waals surface area contributed by atoms with Gasteiger partial charge in [0.1, 0.15) is 5.75 Å². The number of nitrogens with one attached hydrogen (secondary N) is 2. The average molecular weight is 280 g/mol. The van der Waals surface area contributed by atoms with E-state index in [2.05, 4.69) is 10.6 Å². The van der Waals surface area contributed by atoms with Crippen LogP contribution in [0.15, 0.2) is 24.3 Å². The molecule has 3 N–H and O–H groups in total. The lowest BCUT2D eigenvalue weighted by Crippen LogP contribution is -2.34. The summed E-state index contributed by atoms with van der Waals surface area (Å²) < 4.78 is 5.08. The molecule has 0 saturated heterocycles. The van der Waals surface area contributed by atoms with Gasteiger partial charge in [0.2, 0.25) is 0 Å². The molecule has 1 atom stereocenters. The van der Waals surface area contributed by atoms with E-state index in [1.807, 2.05) is 26.8 Å². The van der Waals surface area contributed by atoms with Crippen molar-refractivity contribution in [2.75, 3.05) is 19.0 Å². The first kappa shape index (κ1) is 16.3. The third-order valence-corrected chi connectivity index (χ3v) is 3.03. The maximum Gasteiger partial charge on any atom is 0.319 e. The molecule has 2 amide bonds. The minimum Gasteiger partial charge on any atom is -0.497 e. The van der Waals surface area contributed by atoms with Gasteiger partial charge < -0.3 is 20.5 Å². The molecule has 0 aliphatic heterocycles. The average Bonchev–Trinajstić information content (AvgIpc) is 2.37. The number of methoxy groups -OCH3 is 1. The Bertz CT molecular complexity index is 441. The summed E-state index contributed by atoms with van der Waals surface area (Å²) in [4.78, 5) is 11.7. The van der Waals surface area contributed by atoms with Crippen molar-refractivity contribution in [2.24, 2.45) is 5.41 Å². The summed E-state index contributed by atoms with van der Waals surface area (Å²) in [6, 6.07) is 6.84. The number of ether oxygens (including phenoxy) is 1. The number of urea groups is 1. The summed E-state index contributed by atoms with van der Waals surface area (Å²) in [6.07, 6.45) is 0.0781. The van der Waals surface area contributed by atoms with E-state index in [1.54, 1.807) is 25.3 Å². The molecule has 0 heterocycles. The van der Waals surface area contributed by atoms with Gasteiger partial charge in [0, 0.05) is 18.3 Å². The SMILES string of the molecule is COc1cccc(NC(=O)NCCC(O)C(C)(C)C)c1. The molecule has 1 rings (SSSR count). The second kappa shape index (κ2) is 7.14. The van der Waals surface area contributed by atoms with Crippen LogP contribution in [0.1, 0.15) is 27.2 Å². The lowest BCUT2D eigenvalue weighted by Gasteiger charge is -2.25. The first-order valence-electron chi connectivity index (χ1n) is 6.70. The van der Waals surface area contributed by atoms with Crippen molar-refractivity contribution in [3.05, 3.63) is 24.3 Å². The van der Waals surface area contributed by atoms with Crippen LogP contribution in [0, 0.1) is 5.41 Å². The first-order chi connectivity index (χ1) is 9.32. The Morgan fingerprint density at radius 1 is 1.40 bits per heavy atom. The number of aliphatic hydroxyl groups excluding tert-OH is 1. The molecule has 1 aromatic rings. The van der Waals surface area contributed by atoms with Gasteiger partial charge in [-0.2, -0.15) is 0 Å². The normalized spacial score (nSPS) is 12.7. The van der Waals surface area contributed by atoms with Crippen molar-refractivity contribution in [1.29, 1.82) is 0 Å². The smallest absolute Gasteiger partial charge is 0.319 e. The van der Waals surface area contributed by atoms with Crippen molar-refractivity contribution in [2.45, 2.75) is 33.3 Å². The zero-order valence-electron chi connectivity index (χ0n) is 12.6. The van der Waals surface area contributed by atoms with Gasteiger partial charge >= 0.3 is 6.03 Å². The van der Waals surface area contributed by atoms with Crippen LogP contribution < -0.4 is 15.4 Å². The number of anilines is 1. The monoisotopic (exact) mass is 280 g/mol. The van der Waals surface area contributed by atoms with Crippen molar-refractivity contribution >= 4 is 11.7 Å². The standard InChI is InChI=1S/C15H24N2O3/c1-15(2,3)13(18)8-9-16-14(19)17-11-6-5-7-12(10-11)20-4/h5-7,10,13,18H,8-9H2,1-4H3,(H2,16,17,19). The molecule has 112 valence electrons. The summed E-state index contributed by atoms with van der Waals surface area (Å²) in [6.45, 7) is 6.32. The highest BCUT2D eigenvalue weighted by Gasteiger charge is 2.21. The number of hydrogen-bond acceptors (Lipinski definition) is 3. The molecule has 1 unspecified atom stereocenters. The number of rotatable bonds is 5. The number of hydrogen-bond donors (Lipinski definition) is 3. The second-order valence-corrected chi connectivity index (χ2v) is 5.78. The van der Waals surface area contributed by atoms with Crippen LogP contribution in [0.3, 0.4) is 0 Å². The topological polar surface area (TPSA) is 70.6 Å². The van der Waals surface area contributed by atoms with Gasteiger partial charge in [-0.1, -0.05) is 26.8 Å². The maximum atomic E-state index is 11.7. The van der Waals surface area contributed by atoms with E-state index in [0.717, 1.165) is 0 Å². The van der Waals surface area contributed by atoms with E-state index in [0.29, 0.717) is 24.4 Å². The fourth-order valence-electron chi connectivity index (χ4n) is 1.63. The van der Waals surface area contributed by atoms with Crippen LogP contribution >= 0.6 is 0 Å². The van der Waals surface area contributed by atoms with E-state index in [1.165, 1.54) is 0 Å². The first-order valence-corrected chi connectivity index (χ1v) is 6.70. The van der Waals surface area contributed by atoms with Gasteiger partial charge in [-0.05, 0) is 24.0 Å². The lowest BCUT2D eigenvalue weighted by atomic mass is 9.87. The van der Waals surface area contributed by atoms with Crippen LogP contribution in [-0.2, 0) is 0 Å².